The quantitative estimate of drug-likeness (QED) is 0.833. The summed E-state index contributed by atoms with van der Waals surface area (Å²) in [6, 6.07) is 1.49. The van der Waals surface area contributed by atoms with Gasteiger partial charge in [-0.05, 0) is 25.3 Å². The van der Waals surface area contributed by atoms with Gasteiger partial charge < -0.3 is 5.73 Å². The largest absolute Gasteiger partial charge is 0.366 e. The molecule has 0 spiro atoms. The van der Waals surface area contributed by atoms with Crippen molar-refractivity contribution in [3.05, 3.63) is 17.0 Å². The van der Waals surface area contributed by atoms with Gasteiger partial charge in [0, 0.05) is 0 Å². The van der Waals surface area contributed by atoms with Crippen molar-refractivity contribution in [2.75, 3.05) is 4.72 Å². The van der Waals surface area contributed by atoms with E-state index in [1.54, 1.807) is 19.2 Å². The summed E-state index contributed by atoms with van der Waals surface area (Å²) in [5, 5.41) is 1.33. The third-order valence-electron chi connectivity index (χ3n) is 1.79. The summed E-state index contributed by atoms with van der Waals surface area (Å²) in [7, 11) is -3.42. The van der Waals surface area contributed by atoms with Gasteiger partial charge in [-0.1, -0.05) is 0 Å². The van der Waals surface area contributed by atoms with Crippen molar-refractivity contribution in [3.63, 3.8) is 0 Å². The van der Waals surface area contributed by atoms with Gasteiger partial charge in [0.15, 0.2) is 0 Å². The first-order valence-electron chi connectivity index (χ1n) is 4.23. The summed E-state index contributed by atoms with van der Waals surface area (Å²) in [6.07, 6.45) is 0. The highest BCUT2D eigenvalue weighted by atomic mass is 32.2. The van der Waals surface area contributed by atoms with Crippen LogP contribution in [0.1, 0.15) is 24.2 Å². The molecule has 0 fully saturated rings. The number of hydrogen-bond donors (Lipinski definition) is 2. The lowest BCUT2D eigenvalue weighted by Gasteiger charge is -2.09. The van der Waals surface area contributed by atoms with Crippen molar-refractivity contribution in [1.29, 1.82) is 0 Å². The van der Waals surface area contributed by atoms with Gasteiger partial charge in [-0.15, -0.1) is 11.3 Å². The maximum atomic E-state index is 11.5. The standard InChI is InChI=1S/C8H12N2O3S2/c1-5(2)15(12,13)10-8-6(7(9)11)3-4-14-8/h3-5,10H,1-2H3,(H2,9,11). The van der Waals surface area contributed by atoms with Crippen LogP contribution in [-0.2, 0) is 10.0 Å². The molecule has 1 aromatic rings. The van der Waals surface area contributed by atoms with E-state index in [1.807, 2.05) is 0 Å². The fourth-order valence-corrected chi connectivity index (χ4v) is 2.61. The van der Waals surface area contributed by atoms with E-state index in [9.17, 15) is 13.2 Å². The average Bonchev–Trinajstić information content (AvgIpc) is 2.51. The Morgan fingerprint density at radius 2 is 2.13 bits per heavy atom. The third kappa shape index (κ3) is 2.69. The molecule has 7 heteroatoms. The molecule has 1 rings (SSSR count). The molecule has 0 aliphatic carbocycles. The number of hydrogen-bond acceptors (Lipinski definition) is 4. The first-order valence-corrected chi connectivity index (χ1v) is 6.66. The molecule has 0 saturated carbocycles. The van der Waals surface area contributed by atoms with Crippen molar-refractivity contribution >= 4 is 32.3 Å². The van der Waals surface area contributed by atoms with Gasteiger partial charge in [0.1, 0.15) is 5.00 Å². The lowest BCUT2D eigenvalue weighted by Crippen LogP contribution is -2.23. The molecule has 0 aromatic carbocycles. The summed E-state index contributed by atoms with van der Waals surface area (Å²) in [6.45, 7) is 3.11. The van der Waals surface area contributed by atoms with Gasteiger partial charge in [0.25, 0.3) is 5.91 Å². The topological polar surface area (TPSA) is 89.3 Å². The summed E-state index contributed by atoms with van der Waals surface area (Å²) >= 11 is 1.13. The van der Waals surface area contributed by atoms with Crippen LogP contribution in [0.5, 0.6) is 0 Å². The molecular weight excluding hydrogens is 236 g/mol. The van der Waals surface area contributed by atoms with Crippen LogP contribution < -0.4 is 10.5 Å². The molecule has 1 amide bonds. The van der Waals surface area contributed by atoms with E-state index in [-0.39, 0.29) is 10.6 Å². The number of amides is 1. The number of sulfonamides is 1. The van der Waals surface area contributed by atoms with Crippen LogP contribution in [0.15, 0.2) is 11.4 Å². The Bertz CT molecular complexity index is 462. The first-order chi connectivity index (χ1) is 6.84. The van der Waals surface area contributed by atoms with E-state index in [4.69, 9.17) is 5.73 Å². The minimum atomic E-state index is -3.42. The highest BCUT2D eigenvalue weighted by Gasteiger charge is 2.19. The lowest BCUT2D eigenvalue weighted by molar-refractivity contribution is 0.100. The SMILES string of the molecule is CC(C)S(=O)(=O)Nc1sccc1C(N)=O. The van der Waals surface area contributed by atoms with Crippen molar-refractivity contribution in [1.82, 2.24) is 0 Å². The molecule has 1 heterocycles. The molecular formula is C8H12N2O3S2. The van der Waals surface area contributed by atoms with Crippen LogP contribution in [0.25, 0.3) is 0 Å². The summed E-state index contributed by atoms with van der Waals surface area (Å²) in [5.41, 5.74) is 5.29. The second-order valence-electron chi connectivity index (χ2n) is 3.22. The van der Waals surface area contributed by atoms with Crippen molar-refractivity contribution < 1.29 is 13.2 Å². The number of primary amides is 1. The van der Waals surface area contributed by atoms with Crippen LogP contribution in [0, 0.1) is 0 Å². The fourth-order valence-electron chi connectivity index (χ4n) is 0.829. The van der Waals surface area contributed by atoms with Crippen LogP contribution in [0.3, 0.4) is 0 Å². The fraction of sp³-hybridized carbons (Fsp3) is 0.375. The number of thiophene rings is 1. The Balaban J connectivity index is 3.01. The second kappa shape index (κ2) is 4.19. The monoisotopic (exact) mass is 248 g/mol. The van der Waals surface area contributed by atoms with E-state index < -0.39 is 21.2 Å². The molecule has 3 N–H and O–H groups in total. The average molecular weight is 248 g/mol. The summed E-state index contributed by atoms with van der Waals surface area (Å²) in [5.74, 6) is -0.641. The molecule has 0 radical (unpaired) electrons. The third-order valence-corrected chi connectivity index (χ3v) is 4.48. The Morgan fingerprint density at radius 1 is 1.53 bits per heavy atom. The van der Waals surface area contributed by atoms with Gasteiger partial charge >= 0.3 is 0 Å². The number of nitrogens with one attached hydrogen (secondary N) is 1. The molecule has 0 aliphatic heterocycles. The predicted octanol–water partition coefficient (Wildman–Crippen LogP) is 0.997. The molecule has 0 saturated heterocycles. The van der Waals surface area contributed by atoms with Crippen molar-refractivity contribution in [2.45, 2.75) is 19.1 Å². The minimum Gasteiger partial charge on any atom is -0.366 e. The van der Waals surface area contributed by atoms with Gasteiger partial charge in [0.05, 0.1) is 10.8 Å². The van der Waals surface area contributed by atoms with Crippen molar-refractivity contribution in [2.24, 2.45) is 5.73 Å². The van der Waals surface area contributed by atoms with Crippen LogP contribution in [0.4, 0.5) is 5.00 Å². The van der Waals surface area contributed by atoms with E-state index in [1.165, 1.54) is 6.07 Å². The van der Waals surface area contributed by atoms with Gasteiger partial charge in [-0.25, -0.2) is 8.42 Å². The molecule has 0 atom stereocenters. The number of carbonyl (C=O) groups is 1. The molecule has 5 nitrogen and oxygen atoms in total. The summed E-state index contributed by atoms with van der Waals surface area (Å²) < 4.78 is 25.4. The van der Waals surface area contributed by atoms with Gasteiger partial charge in [-0.3, -0.25) is 9.52 Å². The highest BCUT2D eigenvalue weighted by molar-refractivity contribution is 7.93. The van der Waals surface area contributed by atoms with Crippen molar-refractivity contribution in [3.8, 4) is 0 Å². The van der Waals surface area contributed by atoms with Crippen LogP contribution in [0.2, 0.25) is 0 Å². The van der Waals surface area contributed by atoms with E-state index in [0.717, 1.165) is 11.3 Å². The molecule has 0 aliphatic rings. The van der Waals surface area contributed by atoms with Gasteiger partial charge in [0.2, 0.25) is 10.0 Å². The normalized spacial score (nSPS) is 11.7. The molecule has 15 heavy (non-hydrogen) atoms. The Hall–Kier alpha value is -1.08. The molecule has 1 aromatic heterocycles. The van der Waals surface area contributed by atoms with Crippen LogP contribution >= 0.6 is 11.3 Å². The smallest absolute Gasteiger partial charge is 0.251 e. The Morgan fingerprint density at radius 3 is 2.60 bits per heavy atom. The minimum absolute atomic E-state index is 0.198. The predicted molar refractivity (Wildman–Crippen MR) is 60.5 cm³/mol. The highest BCUT2D eigenvalue weighted by Crippen LogP contribution is 2.24. The zero-order chi connectivity index (χ0) is 11.6. The molecule has 0 bridgehead atoms. The van der Waals surface area contributed by atoms with E-state index in [0.29, 0.717) is 0 Å². The Kier molecular flexibility index (Phi) is 3.35. The number of anilines is 1. The van der Waals surface area contributed by atoms with E-state index in [2.05, 4.69) is 4.72 Å². The van der Waals surface area contributed by atoms with E-state index >= 15 is 0 Å². The maximum absolute atomic E-state index is 11.5. The Labute approximate surface area is 92.3 Å². The zero-order valence-corrected chi connectivity index (χ0v) is 9.98. The number of rotatable bonds is 4. The zero-order valence-electron chi connectivity index (χ0n) is 8.35. The number of carbonyl (C=O) groups excluding carboxylic acids is 1. The maximum Gasteiger partial charge on any atom is 0.251 e. The number of nitrogens with two attached hydrogens (primary N) is 1. The first kappa shape index (κ1) is 12.0. The lowest BCUT2D eigenvalue weighted by atomic mass is 10.3. The molecule has 0 unspecified atom stereocenters. The van der Waals surface area contributed by atoms with Crippen LogP contribution in [-0.4, -0.2) is 19.6 Å². The second-order valence-corrected chi connectivity index (χ2v) is 6.38. The van der Waals surface area contributed by atoms with Gasteiger partial charge in [-0.2, -0.15) is 0 Å². The summed E-state index contributed by atoms with van der Waals surface area (Å²) in [4.78, 5) is 10.9. The molecule has 84 valence electrons.